The summed E-state index contributed by atoms with van der Waals surface area (Å²) in [7, 11) is 0. The summed E-state index contributed by atoms with van der Waals surface area (Å²) in [6, 6.07) is 10.7. The predicted molar refractivity (Wildman–Crippen MR) is 100 cm³/mol. The molecule has 7 heteroatoms. The number of aryl methyl sites for hydroxylation is 1. The Kier molecular flexibility index (Phi) is 5.62. The van der Waals surface area contributed by atoms with Crippen LogP contribution in [0.2, 0.25) is 0 Å². The second-order valence-corrected chi connectivity index (χ2v) is 8.25. The van der Waals surface area contributed by atoms with Crippen LogP contribution in [-0.2, 0) is 17.8 Å². The van der Waals surface area contributed by atoms with Crippen molar-refractivity contribution in [2.24, 2.45) is 5.41 Å². The summed E-state index contributed by atoms with van der Waals surface area (Å²) in [6.45, 7) is 5.02. The molecule has 1 aromatic carbocycles. The number of likely N-dealkylation sites (tertiary alicyclic amines) is 2. The Hall–Kier alpha value is -2.41. The van der Waals surface area contributed by atoms with Crippen LogP contribution < -0.4 is 9.79 Å². The molecule has 4 rings (SSSR count). The zero-order valence-electron chi connectivity index (χ0n) is 16.3. The van der Waals surface area contributed by atoms with Gasteiger partial charge < -0.3 is 19.4 Å². The Morgan fingerprint density at radius 1 is 1.21 bits per heavy atom. The minimum absolute atomic E-state index is 0.0105. The van der Waals surface area contributed by atoms with Gasteiger partial charge in [-0.05, 0) is 50.8 Å². The third-order valence-corrected chi connectivity index (χ3v) is 6.10. The molecule has 1 amide bonds. The first kappa shape index (κ1) is 18.9. The van der Waals surface area contributed by atoms with Gasteiger partial charge in [-0.25, -0.2) is 0 Å². The highest BCUT2D eigenvalue weighted by molar-refractivity contribution is 5.75. The summed E-state index contributed by atoms with van der Waals surface area (Å²) in [6.07, 6.45) is 6.95. The fraction of sp³-hybridized carbons (Fsp3) is 0.571. The highest BCUT2D eigenvalue weighted by atomic mass is 16.6. The van der Waals surface area contributed by atoms with Gasteiger partial charge in [-0.3, -0.25) is 4.79 Å². The molecule has 7 nitrogen and oxygen atoms in total. The molecule has 0 radical (unpaired) electrons. The van der Waals surface area contributed by atoms with Crippen molar-refractivity contribution in [3.05, 3.63) is 42.1 Å². The summed E-state index contributed by atoms with van der Waals surface area (Å²) >= 11 is 0. The van der Waals surface area contributed by atoms with Crippen LogP contribution in [-0.4, -0.2) is 53.7 Å². The lowest BCUT2D eigenvalue weighted by atomic mass is 9.79. The zero-order chi connectivity index (χ0) is 19.4. The van der Waals surface area contributed by atoms with E-state index in [1.54, 1.807) is 0 Å². The van der Waals surface area contributed by atoms with E-state index >= 15 is 0 Å². The predicted octanol–water partition coefficient (Wildman–Crippen LogP) is 0.983. The van der Waals surface area contributed by atoms with Crippen molar-refractivity contribution in [2.45, 2.75) is 38.6 Å². The molecule has 2 aliphatic heterocycles. The van der Waals surface area contributed by atoms with Gasteiger partial charge in [0.05, 0.1) is 5.27 Å². The number of aromatic nitrogens is 2. The van der Waals surface area contributed by atoms with Gasteiger partial charge in [-0.15, -0.1) is 0 Å². The van der Waals surface area contributed by atoms with Crippen LogP contribution >= 0.6 is 0 Å². The van der Waals surface area contributed by atoms with Crippen molar-refractivity contribution in [3.63, 3.8) is 0 Å². The third-order valence-electron chi connectivity index (χ3n) is 6.10. The summed E-state index contributed by atoms with van der Waals surface area (Å²) < 4.78 is 5.79. The van der Waals surface area contributed by atoms with Gasteiger partial charge in [0.25, 0.3) is 12.5 Å². The van der Waals surface area contributed by atoms with Crippen LogP contribution in [0.3, 0.4) is 0 Å². The van der Waals surface area contributed by atoms with E-state index in [1.807, 2.05) is 4.90 Å². The maximum absolute atomic E-state index is 12.6. The van der Waals surface area contributed by atoms with Crippen LogP contribution in [0, 0.1) is 5.41 Å². The molecule has 1 atom stereocenters. The number of amides is 1. The lowest BCUT2D eigenvalue weighted by molar-refractivity contribution is -0.751. The Morgan fingerprint density at radius 3 is 2.86 bits per heavy atom. The molecule has 0 aliphatic carbocycles. The molecule has 2 aliphatic rings. The number of rotatable bonds is 6. The van der Waals surface area contributed by atoms with Gasteiger partial charge >= 0.3 is 0 Å². The maximum atomic E-state index is 12.6. The molecule has 1 spiro atoms. The Balaban J connectivity index is 1.27. The van der Waals surface area contributed by atoms with E-state index in [1.165, 1.54) is 35.7 Å². The van der Waals surface area contributed by atoms with Crippen molar-refractivity contribution < 1.29 is 19.1 Å². The van der Waals surface area contributed by atoms with E-state index in [4.69, 9.17) is 0 Å². The second kappa shape index (κ2) is 8.31. The summed E-state index contributed by atoms with van der Waals surface area (Å²) in [5.41, 5.74) is 1.62. The normalized spacial score (nSPS) is 22.8. The van der Waals surface area contributed by atoms with Crippen molar-refractivity contribution in [3.8, 4) is 5.95 Å². The lowest BCUT2D eigenvalue weighted by Crippen LogP contribution is -2.48. The molecule has 150 valence electrons. The van der Waals surface area contributed by atoms with Gasteiger partial charge in [0.2, 0.25) is 6.20 Å². The van der Waals surface area contributed by atoms with Crippen molar-refractivity contribution in [1.82, 2.24) is 15.1 Å². The first-order chi connectivity index (χ1) is 13.6. The van der Waals surface area contributed by atoms with E-state index < -0.39 is 5.95 Å². The SMILES string of the molecule is O=C(C[n+]1cc([O-])on1)N1CCC2(CCCN(CCCc3ccccc3)C2)C1. The standard InChI is InChI=1S/C21H28N4O3/c26-19(14-25-15-20(27)28-22-25)24-13-10-21(17-24)9-5-12-23(16-21)11-4-8-18-6-2-1-3-7-18/h1-3,6-7,15H,4-5,8-14,16-17H2. The highest BCUT2D eigenvalue weighted by Gasteiger charge is 2.43. The number of hydrogen-bond donors (Lipinski definition) is 0. The van der Waals surface area contributed by atoms with Crippen LogP contribution in [0.4, 0.5) is 0 Å². The largest absolute Gasteiger partial charge is 0.539 e. The van der Waals surface area contributed by atoms with Gasteiger partial charge in [0.15, 0.2) is 0 Å². The zero-order valence-corrected chi connectivity index (χ0v) is 16.3. The summed E-state index contributed by atoms with van der Waals surface area (Å²) in [4.78, 5) is 17.1. The van der Waals surface area contributed by atoms with E-state index in [2.05, 4.69) is 45.0 Å². The van der Waals surface area contributed by atoms with Gasteiger partial charge in [-0.1, -0.05) is 35.0 Å². The molecule has 3 heterocycles. The monoisotopic (exact) mass is 384 g/mol. The van der Waals surface area contributed by atoms with E-state index in [0.717, 1.165) is 45.6 Å². The molecule has 0 saturated carbocycles. The topological polar surface area (TPSA) is 76.5 Å². The molecule has 2 aromatic rings. The number of piperidine rings is 1. The molecule has 2 fully saturated rings. The number of carbonyl (C=O) groups excluding carboxylic acids is 1. The fourth-order valence-corrected chi connectivity index (χ4v) is 4.71. The lowest BCUT2D eigenvalue weighted by Gasteiger charge is -2.40. The Bertz CT molecular complexity index is 794. The van der Waals surface area contributed by atoms with Crippen molar-refractivity contribution >= 4 is 5.91 Å². The summed E-state index contributed by atoms with van der Waals surface area (Å²) in [5, 5.41) is 14.6. The summed E-state index contributed by atoms with van der Waals surface area (Å²) in [5.74, 6) is -0.513. The highest BCUT2D eigenvalue weighted by Crippen LogP contribution is 2.39. The minimum atomic E-state index is -0.524. The smallest absolute Gasteiger partial charge is 0.291 e. The van der Waals surface area contributed by atoms with E-state index in [-0.39, 0.29) is 17.9 Å². The quantitative estimate of drug-likeness (QED) is 0.694. The van der Waals surface area contributed by atoms with Crippen molar-refractivity contribution in [1.29, 1.82) is 0 Å². The molecule has 1 unspecified atom stereocenters. The van der Waals surface area contributed by atoms with E-state index in [0.29, 0.717) is 0 Å². The fourth-order valence-electron chi connectivity index (χ4n) is 4.71. The van der Waals surface area contributed by atoms with Crippen LogP contribution in [0.25, 0.3) is 0 Å². The third kappa shape index (κ3) is 4.52. The molecule has 0 N–H and O–H groups in total. The number of nitrogens with zero attached hydrogens (tertiary/aromatic N) is 4. The first-order valence-corrected chi connectivity index (χ1v) is 10.2. The average Bonchev–Trinajstić information content (AvgIpc) is 3.29. The molecule has 28 heavy (non-hydrogen) atoms. The van der Waals surface area contributed by atoms with Gasteiger partial charge in [0, 0.05) is 25.0 Å². The van der Waals surface area contributed by atoms with Crippen LogP contribution in [0.15, 0.2) is 41.1 Å². The van der Waals surface area contributed by atoms with E-state index in [9.17, 15) is 9.90 Å². The molecular formula is C21H28N4O3. The number of hydrogen-bond acceptors (Lipinski definition) is 5. The van der Waals surface area contributed by atoms with Gasteiger partial charge in [-0.2, -0.15) is 0 Å². The van der Waals surface area contributed by atoms with Gasteiger partial charge in [0.1, 0.15) is 5.95 Å². The molecule has 2 saturated heterocycles. The van der Waals surface area contributed by atoms with Crippen LogP contribution in [0.1, 0.15) is 31.2 Å². The van der Waals surface area contributed by atoms with Crippen LogP contribution in [0.5, 0.6) is 5.95 Å². The average molecular weight is 384 g/mol. The second-order valence-electron chi connectivity index (χ2n) is 8.25. The molecule has 1 aromatic heterocycles. The number of benzene rings is 1. The van der Waals surface area contributed by atoms with Crippen molar-refractivity contribution in [2.75, 3.05) is 32.7 Å². The first-order valence-electron chi connectivity index (χ1n) is 10.2. The molecule has 0 bridgehead atoms. The number of carbonyl (C=O) groups is 1. The maximum Gasteiger partial charge on any atom is 0.291 e. The minimum Gasteiger partial charge on any atom is -0.539 e. The molecular weight excluding hydrogens is 356 g/mol. The Morgan fingerprint density at radius 2 is 2.07 bits per heavy atom. The Labute approximate surface area is 165 Å².